The largest absolute Gasteiger partial charge is 0.436 e. The molecule has 2 aliphatic rings. The number of pyridine rings is 1. The number of hydrogen-bond acceptors (Lipinski definition) is 7. The molecule has 2 N–H and O–H groups in total. The highest BCUT2D eigenvalue weighted by molar-refractivity contribution is 8.13. The standard InChI is InChI=1S/C19H16F2N4O2S/c20-11-1-2-12(13(21)6-11)19-9-26-15(5-10(19)8-28-18(22)25-19)17-24-14-3-4-23-7-16(14)27-17/h1-4,6-7,10,15H,5,8-9H2,(H2,22,25)/t10-,15+,19-/m0/s1. The molecule has 5 rings (SSSR count). The number of nitrogens with zero attached hydrogens (tertiary/aromatic N) is 3. The van der Waals surface area contributed by atoms with Crippen molar-refractivity contribution in [1.82, 2.24) is 9.97 Å². The summed E-state index contributed by atoms with van der Waals surface area (Å²) < 4.78 is 39.9. The predicted octanol–water partition coefficient (Wildman–Crippen LogP) is 3.54. The summed E-state index contributed by atoms with van der Waals surface area (Å²) in [6.07, 6.45) is 3.40. The van der Waals surface area contributed by atoms with Crippen molar-refractivity contribution in [3.8, 4) is 0 Å². The molecular formula is C19H16F2N4O2S. The zero-order chi connectivity index (χ0) is 19.3. The van der Waals surface area contributed by atoms with Crippen LogP contribution in [0.25, 0.3) is 11.1 Å². The summed E-state index contributed by atoms with van der Waals surface area (Å²) >= 11 is 1.42. The average Bonchev–Trinajstić information content (AvgIpc) is 3.11. The molecule has 0 unspecified atom stereocenters. The Balaban J connectivity index is 1.52. The van der Waals surface area contributed by atoms with Crippen molar-refractivity contribution in [3.05, 3.63) is 59.7 Å². The van der Waals surface area contributed by atoms with Crippen molar-refractivity contribution < 1.29 is 17.9 Å². The summed E-state index contributed by atoms with van der Waals surface area (Å²) in [5.41, 5.74) is 6.56. The van der Waals surface area contributed by atoms with Crippen molar-refractivity contribution in [2.45, 2.75) is 18.1 Å². The van der Waals surface area contributed by atoms with Gasteiger partial charge in [0.15, 0.2) is 10.8 Å². The Hall–Kier alpha value is -2.52. The molecule has 0 aliphatic carbocycles. The van der Waals surface area contributed by atoms with Crippen LogP contribution in [-0.4, -0.2) is 27.5 Å². The van der Waals surface area contributed by atoms with E-state index in [-0.39, 0.29) is 18.6 Å². The first-order valence-electron chi connectivity index (χ1n) is 8.81. The highest BCUT2D eigenvalue weighted by atomic mass is 32.2. The normalized spacial score (nSPS) is 27.4. The van der Waals surface area contributed by atoms with Crippen LogP contribution < -0.4 is 5.73 Å². The lowest BCUT2D eigenvalue weighted by Crippen LogP contribution is -2.48. The minimum atomic E-state index is -0.989. The molecule has 3 atom stereocenters. The molecule has 0 amide bonds. The first-order chi connectivity index (χ1) is 13.5. The average molecular weight is 402 g/mol. The molecule has 9 heteroatoms. The van der Waals surface area contributed by atoms with Crippen LogP contribution in [0.4, 0.5) is 8.78 Å². The maximum Gasteiger partial charge on any atom is 0.224 e. The van der Waals surface area contributed by atoms with Crippen LogP contribution in [0, 0.1) is 17.6 Å². The monoisotopic (exact) mass is 402 g/mol. The Morgan fingerprint density at radius 2 is 2.14 bits per heavy atom. The van der Waals surface area contributed by atoms with Gasteiger partial charge in [-0.15, -0.1) is 0 Å². The highest BCUT2D eigenvalue weighted by Crippen LogP contribution is 2.49. The first-order valence-corrected chi connectivity index (χ1v) is 9.79. The first kappa shape index (κ1) is 17.6. The van der Waals surface area contributed by atoms with Crippen LogP contribution in [0.1, 0.15) is 24.0 Å². The quantitative estimate of drug-likeness (QED) is 0.706. The van der Waals surface area contributed by atoms with E-state index in [1.807, 2.05) is 0 Å². The van der Waals surface area contributed by atoms with E-state index >= 15 is 0 Å². The minimum absolute atomic E-state index is 0.0725. The van der Waals surface area contributed by atoms with E-state index in [1.165, 1.54) is 23.9 Å². The number of fused-ring (bicyclic) bond motifs is 2. The van der Waals surface area contributed by atoms with Crippen molar-refractivity contribution in [3.63, 3.8) is 0 Å². The molecule has 4 heterocycles. The van der Waals surface area contributed by atoms with Gasteiger partial charge in [-0.3, -0.25) is 4.98 Å². The molecule has 28 heavy (non-hydrogen) atoms. The maximum absolute atomic E-state index is 14.6. The maximum atomic E-state index is 14.6. The Kier molecular flexibility index (Phi) is 4.09. The van der Waals surface area contributed by atoms with E-state index in [0.717, 1.165) is 6.07 Å². The van der Waals surface area contributed by atoms with E-state index in [9.17, 15) is 8.78 Å². The van der Waals surface area contributed by atoms with Gasteiger partial charge in [0.05, 0.1) is 12.8 Å². The van der Waals surface area contributed by atoms with Crippen LogP contribution in [-0.2, 0) is 10.3 Å². The number of nitrogens with two attached hydrogens (primary N) is 1. The Bertz CT molecular complexity index is 1060. The molecule has 3 aromatic rings. The van der Waals surface area contributed by atoms with Gasteiger partial charge in [0.25, 0.3) is 0 Å². The molecule has 0 radical (unpaired) electrons. The van der Waals surface area contributed by atoms with Gasteiger partial charge in [0, 0.05) is 29.5 Å². The van der Waals surface area contributed by atoms with Crippen LogP contribution >= 0.6 is 11.8 Å². The lowest BCUT2D eigenvalue weighted by molar-refractivity contribution is -0.0691. The van der Waals surface area contributed by atoms with Crippen molar-refractivity contribution in [1.29, 1.82) is 0 Å². The number of hydrogen-bond donors (Lipinski definition) is 1. The fourth-order valence-corrected chi connectivity index (χ4v) is 4.93. The van der Waals surface area contributed by atoms with Gasteiger partial charge < -0.3 is 14.9 Å². The molecular weight excluding hydrogens is 386 g/mol. The molecule has 0 saturated carbocycles. The highest BCUT2D eigenvalue weighted by Gasteiger charge is 2.50. The SMILES string of the molecule is NC1=N[C@@]2(c3ccc(F)cc3F)CO[C@@H](c3nc4ccncc4o3)C[C@H]2CS1. The molecule has 1 saturated heterocycles. The number of ether oxygens (including phenoxy) is 1. The molecule has 0 bridgehead atoms. The Labute approximate surface area is 163 Å². The van der Waals surface area contributed by atoms with Crippen LogP contribution in [0.3, 0.4) is 0 Å². The molecule has 6 nitrogen and oxygen atoms in total. The fraction of sp³-hybridized carbons (Fsp3) is 0.316. The number of halogens is 2. The fourth-order valence-electron chi connectivity index (χ4n) is 3.92. The summed E-state index contributed by atoms with van der Waals surface area (Å²) in [6, 6.07) is 5.30. The van der Waals surface area contributed by atoms with E-state index in [0.29, 0.717) is 39.9 Å². The van der Waals surface area contributed by atoms with Crippen LogP contribution in [0.2, 0.25) is 0 Å². The number of amidine groups is 1. The number of aliphatic imine (C=N–C) groups is 1. The number of benzene rings is 1. The van der Waals surface area contributed by atoms with E-state index in [1.54, 1.807) is 18.5 Å². The number of aromatic nitrogens is 2. The van der Waals surface area contributed by atoms with Crippen molar-refractivity contribution in [2.24, 2.45) is 16.6 Å². The van der Waals surface area contributed by atoms with E-state index in [4.69, 9.17) is 14.9 Å². The zero-order valence-electron chi connectivity index (χ0n) is 14.6. The van der Waals surface area contributed by atoms with Gasteiger partial charge in [-0.1, -0.05) is 17.8 Å². The molecule has 2 aromatic heterocycles. The lowest BCUT2D eigenvalue weighted by Gasteiger charge is -2.45. The van der Waals surface area contributed by atoms with E-state index in [2.05, 4.69) is 15.0 Å². The van der Waals surface area contributed by atoms with Gasteiger partial charge in [-0.25, -0.2) is 18.8 Å². The van der Waals surface area contributed by atoms with Crippen molar-refractivity contribution in [2.75, 3.05) is 12.4 Å². The third-order valence-corrected chi connectivity index (χ3v) is 6.26. The zero-order valence-corrected chi connectivity index (χ0v) is 15.5. The third kappa shape index (κ3) is 2.77. The van der Waals surface area contributed by atoms with Crippen molar-refractivity contribution >= 4 is 28.0 Å². The van der Waals surface area contributed by atoms with Gasteiger partial charge >= 0.3 is 0 Å². The van der Waals surface area contributed by atoms with E-state index < -0.39 is 17.2 Å². The summed E-state index contributed by atoms with van der Waals surface area (Å²) in [4.78, 5) is 13.1. The number of rotatable bonds is 2. The topological polar surface area (TPSA) is 86.5 Å². The van der Waals surface area contributed by atoms with Gasteiger partial charge in [-0.05, 0) is 18.6 Å². The minimum Gasteiger partial charge on any atom is -0.436 e. The van der Waals surface area contributed by atoms with Crippen LogP contribution in [0.5, 0.6) is 0 Å². The third-order valence-electron chi connectivity index (χ3n) is 5.30. The predicted molar refractivity (Wildman–Crippen MR) is 101 cm³/mol. The molecule has 0 spiro atoms. The Morgan fingerprint density at radius 1 is 1.25 bits per heavy atom. The van der Waals surface area contributed by atoms with Gasteiger partial charge in [0.1, 0.15) is 28.8 Å². The van der Waals surface area contributed by atoms with Crippen LogP contribution in [0.15, 0.2) is 46.1 Å². The molecule has 144 valence electrons. The van der Waals surface area contributed by atoms with Gasteiger partial charge in [0.2, 0.25) is 5.89 Å². The number of thioether (sulfide) groups is 1. The molecule has 1 aromatic carbocycles. The second-order valence-electron chi connectivity index (χ2n) is 6.94. The lowest BCUT2D eigenvalue weighted by atomic mass is 9.75. The summed E-state index contributed by atoms with van der Waals surface area (Å²) in [5.74, 6) is -0.247. The number of oxazole rings is 1. The smallest absolute Gasteiger partial charge is 0.224 e. The molecule has 1 fully saturated rings. The second-order valence-corrected chi connectivity index (χ2v) is 7.98. The summed E-state index contributed by atoms with van der Waals surface area (Å²) in [7, 11) is 0. The summed E-state index contributed by atoms with van der Waals surface area (Å²) in [6.45, 7) is 0.100. The Morgan fingerprint density at radius 3 is 2.96 bits per heavy atom. The molecule has 2 aliphatic heterocycles. The second kappa shape index (κ2) is 6.52. The van der Waals surface area contributed by atoms with Gasteiger partial charge in [-0.2, -0.15) is 0 Å². The summed E-state index contributed by atoms with van der Waals surface area (Å²) in [5, 5.41) is 0.370.